The maximum absolute atomic E-state index is 5.37. The van der Waals surface area contributed by atoms with E-state index in [0.717, 1.165) is 31.0 Å². The van der Waals surface area contributed by atoms with E-state index < -0.39 is 0 Å². The van der Waals surface area contributed by atoms with Crippen molar-refractivity contribution in [3.8, 4) is 12.3 Å². The predicted octanol–water partition coefficient (Wildman–Crippen LogP) is 2.29. The molecule has 0 aromatic carbocycles. The summed E-state index contributed by atoms with van der Waals surface area (Å²) in [6.07, 6.45) is 7.22. The molecule has 0 unspecified atom stereocenters. The molecule has 0 aliphatic heterocycles. The standard InChI is InChI=1S/C15H23N3/c1-5-9-18(6-2)15-7-8-17-14(10-15)12-16-11-13(3)4/h1,7-8,10,13,16H,6,9,11-12H2,2-4H3. The third-order valence-electron chi connectivity index (χ3n) is 2.69. The zero-order valence-electron chi connectivity index (χ0n) is 11.6. The molecule has 0 fully saturated rings. The van der Waals surface area contributed by atoms with Crippen molar-refractivity contribution in [3.63, 3.8) is 0 Å². The van der Waals surface area contributed by atoms with E-state index in [1.165, 1.54) is 0 Å². The predicted molar refractivity (Wildman–Crippen MR) is 77.5 cm³/mol. The van der Waals surface area contributed by atoms with Crippen LogP contribution in [0, 0.1) is 18.3 Å². The van der Waals surface area contributed by atoms with E-state index in [1.54, 1.807) is 0 Å². The molecule has 18 heavy (non-hydrogen) atoms. The number of hydrogen-bond acceptors (Lipinski definition) is 3. The second-order valence-electron chi connectivity index (χ2n) is 4.75. The zero-order valence-corrected chi connectivity index (χ0v) is 11.6. The zero-order chi connectivity index (χ0) is 13.4. The Kier molecular flexibility index (Phi) is 6.24. The lowest BCUT2D eigenvalue weighted by Gasteiger charge is -2.20. The van der Waals surface area contributed by atoms with Crippen molar-refractivity contribution in [1.29, 1.82) is 0 Å². The molecule has 3 nitrogen and oxygen atoms in total. The second kappa shape index (κ2) is 7.73. The Bertz CT molecular complexity index is 393. The van der Waals surface area contributed by atoms with Crippen molar-refractivity contribution in [2.24, 2.45) is 5.92 Å². The van der Waals surface area contributed by atoms with Gasteiger partial charge in [0.15, 0.2) is 0 Å². The molecule has 0 aliphatic carbocycles. The van der Waals surface area contributed by atoms with Gasteiger partial charge in [0.1, 0.15) is 0 Å². The molecule has 3 heteroatoms. The summed E-state index contributed by atoms with van der Waals surface area (Å²) in [6, 6.07) is 4.11. The van der Waals surface area contributed by atoms with Crippen LogP contribution in [-0.2, 0) is 6.54 Å². The first-order chi connectivity index (χ1) is 8.67. The molecule has 0 atom stereocenters. The van der Waals surface area contributed by atoms with E-state index in [1.807, 2.05) is 12.3 Å². The summed E-state index contributed by atoms with van der Waals surface area (Å²) in [5.41, 5.74) is 2.20. The SMILES string of the molecule is C#CCN(CC)c1ccnc(CNCC(C)C)c1. The molecule has 1 N–H and O–H groups in total. The lowest BCUT2D eigenvalue weighted by molar-refractivity contribution is 0.548. The Morgan fingerprint density at radius 2 is 2.28 bits per heavy atom. The topological polar surface area (TPSA) is 28.2 Å². The highest BCUT2D eigenvalue weighted by atomic mass is 15.1. The van der Waals surface area contributed by atoms with Crippen LogP contribution in [0.5, 0.6) is 0 Å². The first-order valence-corrected chi connectivity index (χ1v) is 6.51. The Hall–Kier alpha value is -1.53. The van der Waals surface area contributed by atoms with Gasteiger partial charge in [-0.2, -0.15) is 0 Å². The Morgan fingerprint density at radius 1 is 1.50 bits per heavy atom. The maximum Gasteiger partial charge on any atom is 0.0791 e. The summed E-state index contributed by atoms with van der Waals surface area (Å²) in [5, 5.41) is 3.40. The number of anilines is 1. The third-order valence-corrected chi connectivity index (χ3v) is 2.69. The number of terminal acetylenes is 1. The molecule has 1 heterocycles. The smallest absolute Gasteiger partial charge is 0.0791 e. The highest BCUT2D eigenvalue weighted by molar-refractivity contribution is 5.47. The van der Waals surface area contributed by atoms with Crippen molar-refractivity contribution in [1.82, 2.24) is 10.3 Å². The fraction of sp³-hybridized carbons (Fsp3) is 0.533. The molecule has 0 amide bonds. The molecular formula is C15H23N3. The molecule has 0 saturated heterocycles. The van der Waals surface area contributed by atoms with Gasteiger partial charge < -0.3 is 10.2 Å². The molecule has 0 aliphatic rings. The van der Waals surface area contributed by atoms with Gasteiger partial charge in [-0.05, 0) is 31.5 Å². The van der Waals surface area contributed by atoms with Crippen molar-refractivity contribution >= 4 is 5.69 Å². The van der Waals surface area contributed by atoms with Crippen molar-refractivity contribution in [2.45, 2.75) is 27.3 Å². The number of hydrogen-bond donors (Lipinski definition) is 1. The van der Waals surface area contributed by atoms with Crippen LogP contribution in [0.2, 0.25) is 0 Å². The third kappa shape index (κ3) is 4.77. The normalized spacial score (nSPS) is 10.4. The van der Waals surface area contributed by atoms with Gasteiger partial charge in [0.25, 0.3) is 0 Å². The highest BCUT2D eigenvalue weighted by Gasteiger charge is 2.04. The fourth-order valence-corrected chi connectivity index (χ4v) is 1.74. The van der Waals surface area contributed by atoms with Gasteiger partial charge in [-0.3, -0.25) is 4.98 Å². The van der Waals surface area contributed by atoms with Gasteiger partial charge in [-0.25, -0.2) is 0 Å². The minimum absolute atomic E-state index is 0.638. The van der Waals surface area contributed by atoms with E-state index in [2.05, 4.69) is 48.0 Å². The van der Waals surface area contributed by atoms with E-state index in [-0.39, 0.29) is 0 Å². The van der Waals surface area contributed by atoms with Crippen molar-refractivity contribution < 1.29 is 0 Å². The lowest BCUT2D eigenvalue weighted by atomic mass is 10.2. The van der Waals surface area contributed by atoms with Crippen LogP contribution in [0.1, 0.15) is 26.5 Å². The van der Waals surface area contributed by atoms with Crippen LogP contribution in [-0.4, -0.2) is 24.6 Å². The van der Waals surface area contributed by atoms with Crippen LogP contribution >= 0.6 is 0 Å². The van der Waals surface area contributed by atoms with Gasteiger partial charge in [-0.1, -0.05) is 19.8 Å². The first kappa shape index (κ1) is 14.5. The summed E-state index contributed by atoms with van der Waals surface area (Å²) < 4.78 is 0. The largest absolute Gasteiger partial charge is 0.361 e. The minimum atomic E-state index is 0.638. The Balaban J connectivity index is 2.64. The van der Waals surface area contributed by atoms with Crippen molar-refractivity contribution in [3.05, 3.63) is 24.0 Å². The quantitative estimate of drug-likeness (QED) is 0.747. The molecule has 0 spiro atoms. The van der Waals surface area contributed by atoms with Gasteiger partial charge in [-0.15, -0.1) is 6.42 Å². The Labute approximate surface area is 111 Å². The highest BCUT2D eigenvalue weighted by Crippen LogP contribution is 2.13. The summed E-state index contributed by atoms with van der Waals surface area (Å²) in [7, 11) is 0. The molecule has 1 rings (SSSR count). The van der Waals surface area contributed by atoms with Crippen molar-refractivity contribution in [2.75, 3.05) is 24.5 Å². The number of nitrogens with zero attached hydrogens (tertiary/aromatic N) is 2. The van der Waals surface area contributed by atoms with Crippen LogP contribution in [0.4, 0.5) is 5.69 Å². The minimum Gasteiger partial charge on any atom is -0.361 e. The summed E-state index contributed by atoms with van der Waals surface area (Å²) in [4.78, 5) is 6.53. The average molecular weight is 245 g/mol. The second-order valence-corrected chi connectivity index (χ2v) is 4.75. The molecule has 1 aromatic rings. The monoisotopic (exact) mass is 245 g/mol. The summed E-state index contributed by atoms with van der Waals surface area (Å²) in [6.45, 7) is 9.86. The number of aromatic nitrogens is 1. The molecule has 0 radical (unpaired) electrons. The Morgan fingerprint density at radius 3 is 2.89 bits per heavy atom. The van der Waals surface area contributed by atoms with Crippen LogP contribution in [0.25, 0.3) is 0 Å². The van der Waals surface area contributed by atoms with Crippen LogP contribution in [0.15, 0.2) is 18.3 Å². The maximum atomic E-state index is 5.37. The summed E-state index contributed by atoms with van der Waals surface area (Å²) >= 11 is 0. The van der Waals surface area contributed by atoms with E-state index in [9.17, 15) is 0 Å². The number of rotatable bonds is 7. The average Bonchev–Trinajstić information content (AvgIpc) is 2.36. The first-order valence-electron chi connectivity index (χ1n) is 6.51. The lowest BCUT2D eigenvalue weighted by Crippen LogP contribution is -2.24. The number of nitrogens with one attached hydrogen (secondary N) is 1. The van der Waals surface area contributed by atoms with Gasteiger partial charge in [0.05, 0.1) is 12.2 Å². The molecule has 1 aromatic heterocycles. The summed E-state index contributed by atoms with van der Waals surface area (Å²) in [5.74, 6) is 3.34. The molecular weight excluding hydrogens is 222 g/mol. The molecule has 98 valence electrons. The molecule has 0 saturated carbocycles. The van der Waals surface area contributed by atoms with Crippen LogP contribution < -0.4 is 10.2 Å². The molecule has 0 bridgehead atoms. The number of pyridine rings is 1. The van der Waals surface area contributed by atoms with E-state index in [0.29, 0.717) is 12.5 Å². The van der Waals surface area contributed by atoms with Gasteiger partial charge in [0.2, 0.25) is 0 Å². The van der Waals surface area contributed by atoms with Crippen LogP contribution in [0.3, 0.4) is 0 Å². The van der Waals surface area contributed by atoms with E-state index >= 15 is 0 Å². The van der Waals surface area contributed by atoms with Gasteiger partial charge in [0, 0.05) is 25.0 Å². The van der Waals surface area contributed by atoms with Gasteiger partial charge >= 0.3 is 0 Å². The fourth-order valence-electron chi connectivity index (χ4n) is 1.74. The van der Waals surface area contributed by atoms with E-state index in [4.69, 9.17) is 6.42 Å².